The molecule has 12 heteroatoms. The molecule has 37 heavy (non-hydrogen) atoms. The van der Waals surface area contributed by atoms with E-state index in [0.29, 0.717) is 16.1 Å². The van der Waals surface area contributed by atoms with Crippen molar-refractivity contribution in [1.82, 2.24) is 14.5 Å². The summed E-state index contributed by atoms with van der Waals surface area (Å²) in [4.78, 5) is 59.8. The monoisotopic (exact) mass is 538 g/mol. The second kappa shape index (κ2) is 11.3. The van der Waals surface area contributed by atoms with Crippen LogP contribution < -0.4 is 10.9 Å². The fraction of sp³-hybridized carbons (Fsp3) is 0.200. The van der Waals surface area contributed by atoms with Crippen molar-refractivity contribution in [2.45, 2.75) is 27.0 Å². The van der Waals surface area contributed by atoms with Gasteiger partial charge in [-0.05, 0) is 25.0 Å². The summed E-state index contributed by atoms with van der Waals surface area (Å²) in [6.45, 7) is 6.60. The van der Waals surface area contributed by atoms with Crippen LogP contribution in [0, 0.1) is 13.8 Å². The molecule has 1 aromatic carbocycles. The van der Waals surface area contributed by atoms with E-state index in [1.165, 1.54) is 12.4 Å². The Morgan fingerprint density at radius 2 is 1.81 bits per heavy atom. The van der Waals surface area contributed by atoms with Crippen LogP contribution in [0.5, 0.6) is 0 Å². The molecule has 0 aliphatic rings. The normalized spacial score (nSPS) is 10.8. The number of hydrogen-bond donors (Lipinski definition) is 1. The van der Waals surface area contributed by atoms with E-state index in [4.69, 9.17) is 9.47 Å². The van der Waals surface area contributed by atoms with Gasteiger partial charge in [-0.15, -0.1) is 11.3 Å². The minimum Gasteiger partial charge on any atom is -0.457 e. The van der Waals surface area contributed by atoms with E-state index < -0.39 is 23.4 Å². The van der Waals surface area contributed by atoms with Crippen molar-refractivity contribution in [2.24, 2.45) is 0 Å². The number of thiazole rings is 1. The molecule has 0 fully saturated rings. The Hall–Kier alpha value is -4.16. The lowest BCUT2D eigenvalue weighted by Gasteiger charge is -2.05. The second-order valence-corrected chi connectivity index (χ2v) is 9.84. The van der Waals surface area contributed by atoms with Gasteiger partial charge in [-0.25, -0.2) is 19.6 Å². The molecule has 0 aliphatic heterocycles. The lowest BCUT2D eigenvalue weighted by atomic mass is 10.2. The molecule has 0 saturated carbocycles. The lowest BCUT2D eigenvalue weighted by Crippen LogP contribution is -2.27. The first-order valence-electron chi connectivity index (χ1n) is 11.0. The Bertz CT molecular complexity index is 1550. The van der Waals surface area contributed by atoms with E-state index in [9.17, 15) is 19.2 Å². The molecular formula is C25H22N4O6S2. The molecule has 4 rings (SSSR count). The zero-order chi connectivity index (χ0) is 26.5. The summed E-state index contributed by atoms with van der Waals surface area (Å²) in [5.41, 5.74) is 1.25. The molecule has 3 heterocycles. The molecule has 0 spiro atoms. The number of benzene rings is 1. The van der Waals surface area contributed by atoms with E-state index >= 15 is 0 Å². The fourth-order valence-electron chi connectivity index (χ4n) is 3.41. The number of ether oxygens (including phenoxy) is 2. The van der Waals surface area contributed by atoms with Gasteiger partial charge < -0.3 is 14.8 Å². The highest BCUT2D eigenvalue weighted by Gasteiger charge is 2.22. The maximum atomic E-state index is 13.1. The molecule has 190 valence electrons. The van der Waals surface area contributed by atoms with Gasteiger partial charge >= 0.3 is 11.9 Å². The number of esters is 2. The van der Waals surface area contributed by atoms with Gasteiger partial charge in [0, 0.05) is 0 Å². The Labute approximate surface area is 219 Å². The first-order valence-corrected chi connectivity index (χ1v) is 12.7. The van der Waals surface area contributed by atoms with E-state index in [1.54, 1.807) is 13.8 Å². The van der Waals surface area contributed by atoms with Gasteiger partial charge in [0.1, 0.15) is 34.3 Å². The molecule has 0 bridgehead atoms. The Balaban J connectivity index is 1.48. The molecule has 0 atom stereocenters. The van der Waals surface area contributed by atoms with Gasteiger partial charge in [0.15, 0.2) is 5.13 Å². The van der Waals surface area contributed by atoms with Gasteiger partial charge in [-0.3, -0.25) is 14.2 Å². The molecule has 0 unspecified atom stereocenters. The number of aromatic nitrogens is 3. The number of thiophene rings is 1. The summed E-state index contributed by atoms with van der Waals surface area (Å²) in [6.07, 6.45) is 2.70. The van der Waals surface area contributed by atoms with Gasteiger partial charge in [-0.2, -0.15) is 0 Å². The number of anilines is 1. The van der Waals surface area contributed by atoms with Gasteiger partial charge in [0.2, 0.25) is 5.91 Å². The number of carbonyl (C=O) groups is 3. The summed E-state index contributed by atoms with van der Waals surface area (Å²) in [7, 11) is 0. The third-order valence-corrected chi connectivity index (χ3v) is 7.42. The smallest absolute Gasteiger partial charge is 0.350 e. The quantitative estimate of drug-likeness (QED) is 0.251. The third-order valence-electron chi connectivity index (χ3n) is 5.19. The average molecular weight is 539 g/mol. The Morgan fingerprint density at radius 1 is 1.08 bits per heavy atom. The van der Waals surface area contributed by atoms with Crippen LogP contribution in [-0.4, -0.2) is 39.0 Å². The highest BCUT2D eigenvalue weighted by molar-refractivity contribution is 7.20. The molecule has 4 aromatic rings. The predicted octanol–water partition coefficient (Wildman–Crippen LogP) is 3.87. The van der Waals surface area contributed by atoms with Crippen LogP contribution in [-0.2, 0) is 27.4 Å². The number of amides is 1. The number of aryl methyl sites for hydroxylation is 2. The van der Waals surface area contributed by atoms with E-state index in [-0.39, 0.29) is 40.0 Å². The topological polar surface area (TPSA) is 129 Å². The Kier molecular flexibility index (Phi) is 7.89. The van der Waals surface area contributed by atoms with Crippen molar-refractivity contribution in [3.8, 4) is 0 Å². The standard InChI is InChI=1S/C25H22N4O6S2/c1-4-10-34-24(33)20-15(3)27-25(37-20)28-17(30)11-29-13-26-21-18(22(29)31)14(2)19(36-21)23(32)35-12-16-8-6-5-7-9-16/h4-9,13H,1,10-12H2,2-3H3,(H,27,28,30). The SMILES string of the molecule is C=CCOC(=O)c1sc(NC(=O)Cn2cnc3sc(C(=O)OCc4ccccc4)c(C)c3c2=O)nc1C. The third kappa shape index (κ3) is 5.81. The van der Waals surface area contributed by atoms with Gasteiger partial charge in [0.05, 0.1) is 17.4 Å². The average Bonchev–Trinajstić information content (AvgIpc) is 3.42. The van der Waals surface area contributed by atoms with Crippen LogP contribution in [0.25, 0.3) is 10.2 Å². The minimum atomic E-state index is -0.563. The zero-order valence-corrected chi connectivity index (χ0v) is 21.6. The minimum absolute atomic E-state index is 0.0602. The molecule has 10 nitrogen and oxygen atoms in total. The summed E-state index contributed by atoms with van der Waals surface area (Å²) in [6, 6.07) is 9.26. The van der Waals surface area contributed by atoms with Crippen LogP contribution in [0.3, 0.4) is 0 Å². The van der Waals surface area contributed by atoms with Crippen LogP contribution in [0.15, 0.2) is 54.1 Å². The summed E-state index contributed by atoms with van der Waals surface area (Å²) in [5, 5.41) is 3.04. The number of rotatable bonds is 9. The number of fused-ring (bicyclic) bond motifs is 1. The number of nitrogens with zero attached hydrogens (tertiary/aromatic N) is 3. The van der Waals surface area contributed by atoms with E-state index in [1.807, 2.05) is 30.3 Å². The van der Waals surface area contributed by atoms with Crippen molar-refractivity contribution in [1.29, 1.82) is 0 Å². The first-order chi connectivity index (χ1) is 17.8. The van der Waals surface area contributed by atoms with Crippen LogP contribution >= 0.6 is 22.7 Å². The molecule has 1 N–H and O–H groups in total. The Morgan fingerprint density at radius 3 is 2.54 bits per heavy atom. The van der Waals surface area contributed by atoms with Crippen LogP contribution in [0.1, 0.15) is 36.2 Å². The maximum absolute atomic E-state index is 13.1. The lowest BCUT2D eigenvalue weighted by molar-refractivity contribution is -0.116. The molecule has 0 aliphatic carbocycles. The molecule has 0 saturated heterocycles. The van der Waals surface area contributed by atoms with Crippen molar-refractivity contribution in [3.05, 3.63) is 86.2 Å². The number of nitrogens with one attached hydrogen (secondary N) is 1. The molecular weight excluding hydrogens is 516 g/mol. The highest BCUT2D eigenvalue weighted by atomic mass is 32.1. The maximum Gasteiger partial charge on any atom is 0.350 e. The first kappa shape index (κ1) is 25.9. The van der Waals surface area contributed by atoms with Crippen molar-refractivity contribution in [3.63, 3.8) is 0 Å². The zero-order valence-electron chi connectivity index (χ0n) is 20.0. The summed E-state index contributed by atoms with van der Waals surface area (Å²) < 4.78 is 11.6. The van der Waals surface area contributed by atoms with Crippen molar-refractivity contribution in [2.75, 3.05) is 11.9 Å². The summed E-state index contributed by atoms with van der Waals surface area (Å²) in [5.74, 6) is -1.64. The van der Waals surface area contributed by atoms with Gasteiger partial charge in [-0.1, -0.05) is 54.3 Å². The predicted molar refractivity (Wildman–Crippen MR) is 140 cm³/mol. The van der Waals surface area contributed by atoms with Crippen LogP contribution in [0.2, 0.25) is 0 Å². The van der Waals surface area contributed by atoms with Crippen molar-refractivity contribution < 1.29 is 23.9 Å². The largest absolute Gasteiger partial charge is 0.457 e. The number of carbonyl (C=O) groups excluding carboxylic acids is 3. The second-order valence-electron chi connectivity index (χ2n) is 7.84. The van der Waals surface area contributed by atoms with Crippen molar-refractivity contribution >= 4 is 55.9 Å². The summed E-state index contributed by atoms with van der Waals surface area (Å²) >= 11 is 2.04. The van der Waals surface area contributed by atoms with E-state index in [2.05, 4.69) is 21.9 Å². The molecule has 1 amide bonds. The van der Waals surface area contributed by atoms with E-state index in [0.717, 1.165) is 32.8 Å². The van der Waals surface area contributed by atoms with Crippen LogP contribution in [0.4, 0.5) is 5.13 Å². The highest BCUT2D eigenvalue weighted by Crippen LogP contribution is 2.28. The number of hydrogen-bond acceptors (Lipinski definition) is 10. The molecule has 3 aromatic heterocycles. The fourth-order valence-corrected chi connectivity index (χ4v) is 5.32. The van der Waals surface area contributed by atoms with Gasteiger partial charge in [0.25, 0.3) is 5.56 Å². The molecule has 0 radical (unpaired) electrons.